The standard InChI is InChI=1S/C17H19NO2/c1-2-3-4-7-13-12-18-15-10-11-19-16-9-6-5-8-14(16)17(15)20-13/h5-6,8-13H,2-4,7H2,1H3. The molecule has 1 aromatic rings. The molecule has 0 saturated carbocycles. The lowest BCUT2D eigenvalue weighted by Crippen LogP contribution is -2.18. The number of hydrogen-bond acceptors (Lipinski definition) is 3. The number of benzene rings is 1. The number of ether oxygens (including phenoxy) is 2. The predicted molar refractivity (Wildman–Crippen MR) is 80.6 cm³/mol. The Bertz CT molecular complexity index is 572. The van der Waals surface area contributed by atoms with Crippen molar-refractivity contribution in [3.05, 3.63) is 47.9 Å². The van der Waals surface area contributed by atoms with Crippen molar-refractivity contribution < 1.29 is 9.47 Å². The largest absolute Gasteiger partial charge is 0.482 e. The molecule has 0 radical (unpaired) electrons. The highest BCUT2D eigenvalue weighted by molar-refractivity contribution is 5.78. The minimum absolute atomic E-state index is 0.0693. The molecule has 1 atom stereocenters. The lowest BCUT2D eigenvalue weighted by atomic mass is 10.1. The molecular weight excluding hydrogens is 250 g/mol. The molecule has 0 fully saturated rings. The Kier molecular flexibility index (Phi) is 3.86. The monoisotopic (exact) mass is 269 g/mol. The Morgan fingerprint density at radius 2 is 2.10 bits per heavy atom. The van der Waals surface area contributed by atoms with E-state index in [0.717, 1.165) is 29.2 Å². The second kappa shape index (κ2) is 5.95. The first kappa shape index (κ1) is 13.0. The van der Waals surface area contributed by atoms with Gasteiger partial charge in [-0.1, -0.05) is 31.9 Å². The summed E-state index contributed by atoms with van der Waals surface area (Å²) < 4.78 is 11.7. The molecular formula is C17H19NO2. The SMILES string of the molecule is CCCCCC1C=NC2=C(O1)c1ccccc1OC=C2. The van der Waals surface area contributed by atoms with Crippen molar-refractivity contribution in [1.82, 2.24) is 0 Å². The summed E-state index contributed by atoms with van der Waals surface area (Å²) in [7, 11) is 0. The van der Waals surface area contributed by atoms with Gasteiger partial charge in [0.1, 0.15) is 17.6 Å². The van der Waals surface area contributed by atoms with Crippen LogP contribution in [0.25, 0.3) is 5.76 Å². The normalized spacial score (nSPS) is 19.8. The molecule has 0 spiro atoms. The zero-order chi connectivity index (χ0) is 13.8. The molecule has 0 amide bonds. The topological polar surface area (TPSA) is 30.8 Å². The Labute approximate surface area is 119 Å². The van der Waals surface area contributed by atoms with Crippen molar-refractivity contribution >= 4 is 12.0 Å². The quantitative estimate of drug-likeness (QED) is 0.762. The molecule has 0 N–H and O–H groups in total. The van der Waals surface area contributed by atoms with Crippen LogP contribution in [-0.2, 0) is 4.74 Å². The van der Waals surface area contributed by atoms with Crippen molar-refractivity contribution in [3.63, 3.8) is 0 Å². The van der Waals surface area contributed by atoms with E-state index < -0.39 is 0 Å². The summed E-state index contributed by atoms with van der Waals surface area (Å²) in [6, 6.07) is 7.92. The van der Waals surface area contributed by atoms with Gasteiger partial charge in [-0.25, -0.2) is 0 Å². The van der Waals surface area contributed by atoms with E-state index in [4.69, 9.17) is 9.47 Å². The van der Waals surface area contributed by atoms with E-state index in [1.54, 1.807) is 6.26 Å². The van der Waals surface area contributed by atoms with Gasteiger partial charge < -0.3 is 9.47 Å². The van der Waals surface area contributed by atoms with Gasteiger partial charge in [-0.3, -0.25) is 4.99 Å². The number of unbranched alkanes of at least 4 members (excludes halogenated alkanes) is 2. The maximum atomic E-state index is 6.14. The van der Waals surface area contributed by atoms with Gasteiger partial charge in [-0.2, -0.15) is 0 Å². The van der Waals surface area contributed by atoms with Crippen molar-refractivity contribution in [2.75, 3.05) is 0 Å². The highest BCUT2D eigenvalue weighted by atomic mass is 16.5. The molecule has 3 rings (SSSR count). The first-order valence-electron chi connectivity index (χ1n) is 7.26. The van der Waals surface area contributed by atoms with Crippen LogP contribution in [0.2, 0.25) is 0 Å². The molecule has 0 aliphatic carbocycles. The molecule has 0 saturated heterocycles. The van der Waals surface area contributed by atoms with Gasteiger partial charge in [-0.15, -0.1) is 0 Å². The van der Waals surface area contributed by atoms with E-state index in [0.29, 0.717) is 0 Å². The molecule has 104 valence electrons. The van der Waals surface area contributed by atoms with E-state index in [1.807, 2.05) is 36.6 Å². The predicted octanol–water partition coefficient (Wildman–Crippen LogP) is 4.31. The average molecular weight is 269 g/mol. The highest BCUT2D eigenvalue weighted by Crippen LogP contribution is 2.35. The summed E-state index contributed by atoms with van der Waals surface area (Å²) in [5, 5.41) is 0. The molecule has 2 aliphatic heterocycles. The lowest BCUT2D eigenvalue weighted by molar-refractivity contribution is 0.213. The molecule has 2 aliphatic rings. The van der Waals surface area contributed by atoms with Crippen LogP contribution in [0.1, 0.15) is 38.2 Å². The van der Waals surface area contributed by atoms with E-state index >= 15 is 0 Å². The maximum Gasteiger partial charge on any atom is 0.156 e. The van der Waals surface area contributed by atoms with Gasteiger partial charge in [0.2, 0.25) is 0 Å². The number of nitrogens with zero attached hydrogens (tertiary/aromatic N) is 1. The summed E-state index contributed by atoms with van der Waals surface area (Å²) in [5.41, 5.74) is 1.81. The van der Waals surface area contributed by atoms with E-state index in [2.05, 4.69) is 11.9 Å². The van der Waals surface area contributed by atoms with Crippen LogP contribution in [-0.4, -0.2) is 12.3 Å². The van der Waals surface area contributed by atoms with Crippen LogP contribution in [0.5, 0.6) is 5.75 Å². The Morgan fingerprint density at radius 3 is 3.00 bits per heavy atom. The zero-order valence-corrected chi connectivity index (χ0v) is 11.7. The molecule has 3 heteroatoms. The third-order valence-electron chi connectivity index (χ3n) is 3.53. The second-order valence-corrected chi connectivity index (χ2v) is 5.06. The number of para-hydroxylation sites is 1. The van der Waals surface area contributed by atoms with Crippen LogP contribution >= 0.6 is 0 Å². The van der Waals surface area contributed by atoms with Crippen LogP contribution in [0.15, 0.2) is 47.3 Å². The van der Waals surface area contributed by atoms with Gasteiger partial charge >= 0.3 is 0 Å². The third kappa shape index (κ3) is 2.62. The zero-order valence-electron chi connectivity index (χ0n) is 11.7. The summed E-state index contributed by atoms with van der Waals surface area (Å²) in [6.45, 7) is 2.21. The molecule has 0 aromatic heterocycles. The molecule has 20 heavy (non-hydrogen) atoms. The highest BCUT2D eigenvalue weighted by Gasteiger charge is 2.22. The maximum absolute atomic E-state index is 6.14. The smallest absolute Gasteiger partial charge is 0.156 e. The first-order valence-corrected chi connectivity index (χ1v) is 7.26. The molecule has 2 heterocycles. The summed E-state index contributed by atoms with van der Waals surface area (Å²) in [4.78, 5) is 4.53. The second-order valence-electron chi connectivity index (χ2n) is 5.06. The minimum atomic E-state index is 0.0693. The average Bonchev–Trinajstić information content (AvgIpc) is 2.67. The van der Waals surface area contributed by atoms with E-state index in [9.17, 15) is 0 Å². The van der Waals surface area contributed by atoms with Gasteiger partial charge in [0, 0.05) is 12.3 Å². The number of rotatable bonds is 4. The lowest BCUT2D eigenvalue weighted by Gasteiger charge is -2.22. The molecule has 1 unspecified atom stereocenters. The van der Waals surface area contributed by atoms with Gasteiger partial charge in [-0.05, 0) is 25.0 Å². The van der Waals surface area contributed by atoms with E-state index in [1.165, 1.54) is 19.3 Å². The van der Waals surface area contributed by atoms with Gasteiger partial charge in [0.25, 0.3) is 0 Å². The van der Waals surface area contributed by atoms with Crippen LogP contribution in [0, 0.1) is 0 Å². The Morgan fingerprint density at radius 1 is 1.20 bits per heavy atom. The van der Waals surface area contributed by atoms with Gasteiger partial charge in [0.05, 0.1) is 11.8 Å². The minimum Gasteiger partial charge on any atom is -0.482 e. The van der Waals surface area contributed by atoms with E-state index in [-0.39, 0.29) is 6.10 Å². The molecule has 3 nitrogen and oxygen atoms in total. The summed E-state index contributed by atoms with van der Waals surface area (Å²) in [5.74, 6) is 1.65. The number of hydrogen-bond donors (Lipinski definition) is 0. The van der Waals surface area contributed by atoms with Gasteiger partial charge in [0.15, 0.2) is 5.76 Å². The van der Waals surface area contributed by atoms with Crippen molar-refractivity contribution in [1.29, 1.82) is 0 Å². The van der Waals surface area contributed by atoms with Crippen molar-refractivity contribution in [2.45, 2.75) is 38.7 Å². The number of allylic oxidation sites excluding steroid dienone is 1. The summed E-state index contributed by atoms with van der Waals surface area (Å²) >= 11 is 0. The third-order valence-corrected chi connectivity index (χ3v) is 3.53. The Balaban J connectivity index is 1.83. The van der Waals surface area contributed by atoms with Crippen molar-refractivity contribution in [2.24, 2.45) is 4.99 Å². The van der Waals surface area contributed by atoms with Crippen LogP contribution < -0.4 is 4.74 Å². The fourth-order valence-electron chi connectivity index (χ4n) is 2.44. The summed E-state index contributed by atoms with van der Waals surface area (Å²) in [6.07, 6.45) is 10.1. The molecule has 1 aromatic carbocycles. The first-order chi connectivity index (χ1) is 9.88. The van der Waals surface area contributed by atoms with Crippen LogP contribution in [0.4, 0.5) is 0 Å². The molecule has 0 bridgehead atoms. The fourth-order valence-corrected chi connectivity index (χ4v) is 2.44. The number of fused-ring (bicyclic) bond motifs is 2. The Hall–Kier alpha value is -2.03. The van der Waals surface area contributed by atoms with Crippen molar-refractivity contribution in [3.8, 4) is 5.75 Å². The fraction of sp³-hybridized carbons (Fsp3) is 0.353. The number of aliphatic imine (C=N–C) groups is 1. The van der Waals surface area contributed by atoms with Crippen LogP contribution in [0.3, 0.4) is 0 Å².